The highest BCUT2D eigenvalue weighted by molar-refractivity contribution is 7.92. The molecule has 0 fully saturated rings. The van der Waals surface area contributed by atoms with Crippen LogP contribution in [0.1, 0.15) is 0 Å². The van der Waals surface area contributed by atoms with Crippen molar-refractivity contribution in [1.82, 2.24) is 0 Å². The van der Waals surface area contributed by atoms with Gasteiger partial charge in [0.15, 0.2) is 0 Å². The Morgan fingerprint density at radius 3 is 1.32 bits per heavy atom. The van der Waals surface area contributed by atoms with Crippen molar-refractivity contribution in [2.45, 2.75) is 40.0 Å². The third-order valence-electron chi connectivity index (χ3n) is 3.60. The summed E-state index contributed by atoms with van der Waals surface area (Å²) in [5, 5.41) is 2.98. The molecule has 0 aliphatic rings. The van der Waals surface area contributed by atoms with Gasteiger partial charge in [-0.1, -0.05) is 0 Å². The van der Waals surface area contributed by atoms with E-state index in [1.807, 2.05) is 0 Å². The summed E-state index contributed by atoms with van der Waals surface area (Å²) < 4.78 is 193. The van der Waals surface area contributed by atoms with Gasteiger partial charge in [0.1, 0.15) is 0 Å². The number of benzene rings is 1. The van der Waals surface area contributed by atoms with Crippen molar-refractivity contribution in [3.05, 3.63) is 34.4 Å². The van der Waals surface area contributed by atoms with Gasteiger partial charge in [0.25, 0.3) is 5.69 Å². The minimum atomic E-state index is -8.28. The molecule has 5 nitrogen and oxygen atoms in total. The number of rotatable bonds is 7. The molecule has 31 heavy (non-hydrogen) atoms. The lowest BCUT2D eigenvalue weighted by Gasteiger charge is -2.39. The molecule has 0 atom stereocenters. The summed E-state index contributed by atoms with van der Waals surface area (Å²) in [6.07, 6.45) is -7.64. The number of non-ortho nitro benzene ring substituents is 1. The van der Waals surface area contributed by atoms with E-state index in [1.54, 1.807) is 0 Å². The molecule has 178 valence electrons. The van der Waals surface area contributed by atoms with Crippen LogP contribution in [0.25, 0.3) is 0 Å². The fourth-order valence-electron chi connectivity index (χ4n) is 1.82. The molecule has 19 heteroatoms. The van der Waals surface area contributed by atoms with Crippen molar-refractivity contribution in [3.63, 3.8) is 0 Å². The first kappa shape index (κ1) is 26.7. The zero-order valence-electron chi connectivity index (χ0n) is 13.7. The fourth-order valence-corrected chi connectivity index (χ4v) is 3.07. The van der Waals surface area contributed by atoms with Crippen LogP contribution in [-0.2, 0) is 9.84 Å². The van der Waals surface area contributed by atoms with E-state index < -0.39 is 60.5 Å². The molecule has 0 saturated heterocycles. The van der Waals surface area contributed by atoms with Crippen molar-refractivity contribution in [1.29, 1.82) is 0 Å². The summed E-state index contributed by atoms with van der Waals surface area (Å²) in [5.74, 6) is -32.6. The number of nitro groups is 1. The van der Waals surface area contributed by atoms with Crippen molar-refractivity contribution in [2.24, 2.45) is 0 Å². The van der Waals surface area contributed by atoms with Gasteiger partial charge in [-0.15, -0.1) is 0 Å². The smallest absolute Gasteiger partial charge is 0.258 e. The van der Waals surface area contributed by atoms with Crippen molar-refractivity contribution in [3.8, 4) is 0 Å². The molecule has 0 unspecified atom stereocenters. The Balaban J connectivity index is 3.66. The van der Waals surface area contributed by atoms with Gasteiger partial charge in [0, 0.05) is 12.1 Å². The van der Waals surface area contributed by atoms with Crippen LogP contribution in [0.15, 0.2) is 29.2 Å². The first-order valence-corrected chi connectivity index (χ1v) is 8.34. The van der Waals surface area contributed by atoms with E-state index in [2.05, 4.69) is 0 Å². The van der Waals surface area contributed by atoms with Crippen LogP contribution in [-0.4, -0.2) is 48.5 Å². The number of nitro benzene ring substituents is 1. The SMILES string of the molecule is O=[N+]([O-])c1ccc(S(=O)(=O)C(F)(F)C(F)(F)C(F)(F)C(F)(F)C(F)(F)C(F)(F)F)cc1. The van der Waals surface area contributed by atoms with Crippen LogP contribution >= 0.6 is 0 Å². The molecular formula is C12H4F13NO4S. The van der Waals surface area contributed by atoms with E-state index in [9.17, 15) is 75.6 Å². The fraction of sp³-hybridized carbons (Fsp3) is 0.500. The minimum Gasteiger partial charge on any atom is -0.258 e. The molecule has 0 radical (unpaired) electrons. The van der Waals surface area contributed by atoms with E-state index in [4.69, 9.17) is 0 Å². The van der Waals surface area contributed by atoms with E-state index >= 15 is 0 Å². The number of halogens is 13. The third-order valence-corrected chi connectivity index (χ3v) is 5.42. The molecular weight excluding hydrogens is 501 g/mol. The molecule has 0 N–H and O–H groups in total. The van der Waals surface area contributed by atoms with Crippen molar-refractivity contribution < 1.29 is 70.4 Å². The van der Waals surface area contributed by atoms with E-state index in [-0.39, 0.29) is 24.3 Å². The van der Waals surface area contributed by atoms with Crippen LogP contribution in [0.2, 0.25) is 0 Å². The maximum absolute atomic E-state index is 13.8. The average Bonchev–Trinajstić information content (AvgIpc) is 2.59. The zero-order valence-corrected chi connectivity index (χ0v) is 14.5. The molecule has 0 spiro atoms. The lowest BCUT2D eigenvalue weighted by molar-refractivity contribution is -0.433. The van der Waals surface area contributed by atoms with Gasteiger partial charge >= 0.3 is 35.1 Å². The van der Waals surface area contributed by atoms with E-state index in [0.29, 0.717) is 0 Å². The second-order valence-corrected chi connectivity index (χ2v) is 7.56. The number of nitrogens with zero attached hydrogens (tertiary/aromatic N) is 1. The Hall–Kier alpha value is -2.34. The predicted octanol–water partition coefficient (Wildman–Crippen LogP) is 5.06. The van der Waals surface area contributed by atoms with Gasteiger partial charge in [0.05, 0.1) is 9.82 Å². The van der Waals surface area contributed by atoms with Gasteiger partial charge < -0.3 is 0 Å². The number of hydrogen-bond donors (Lipinski definition) is 0. The van der Waals surface area contributed by atoms with Gasteiger partial charge in [-0.3, -0.25) is 10.1 Å². The first-order valence-electron chi connectivity index (χ1n) is 6.86. The third kappa shape index (κ3) is 3.55. The predicted molar refractivity (Wildman–Crippen MR) is 71.1 cm³/mol. The summed E-state index contributed by atoms with van der Waals surface area (Å²) in [5.41, 5.74) is -1.05. The largest absolute Gasteiger partial charge is 0.460 e. The van der Waals surface area contributed by atoms with Crippen LogP contribution in [0.3, 0.4) is 0 Å². The highest BCUT2D eigenvalue weighted by atomic mass is 32.2. The number of hydrogen-bond acceptors (Lipinski definition) is 4. The maximum atomic E-state index is 13.8. The molecule has 1 aromatic carbocycles. The lowest BCUT2D eigenvalue weighted by atomic mass is 9.98. The van der Waals surface area contributed by atoms with Crippen molar-refractivity contribution in [2.75, 3.05) is 0 Å². The Morgan fingerprint density at radius 2 is 1.00 bits per heavy atom. The van der Waals surface area contributed by atoms with E-state index in [1.165, 1.54) is 0 Å². The summed E-state index contributed by atoms with van der Waals surface area (Å²) in [4.78, 5) is 7.00. The number of alkyl halides is 13. The summed E-state index contributed by atoms with van der Waals surface area (Å²) in [6.45, 7) is 0. The van der Waals surface area contributed by atoms with Gasteiger partial charge in [0.2, 0.25) is 9.84 Å². The minimum absolute atomic E-state index is 0.0751. The maximum Gasteiger partial charge on any atom is 0.460 e. The van der Waals surface area contributed by atoms with Crippen LogP contribution in [0.5, 0.6) is 0 Å². The second kappa shape index (κ2) is 7.09. The average molecular weight is 505 g/mol. The quantitative estimate of drug-likeness (QED) is 0.295. The number of sulfone groups is 1. The molecule has 0 bridgehead atoms. The Kier molecular flexibility index (Phi) is 6.10. The topological polar surface area (TPSA) is 77.3 Å². The van der Waals surface area contributed by atoms with Gasteiger partial charge in [-0.2, -0.15) is 57.1 Å². The molecule has 1 rings (SSSR count). The standard InChI is InChI=1S/C12H4F13NO4S/c13-7(14,9(17,18)11(21,22)23)8(15,16)10(19,20)12(24,25)31(29,30)6-3-1-5(2-4-6)26(27)28/h1-4H. The molecule has 0 aliphatic heterocycles. The molecule has 0 amide bonds. The van der Waals surface area contributed by atoms with Crippen molar-refractivity contribution >= 4 is 15.5 Å². The van der Waals surface area contributed by atoms with Crippen LogP contribution in [0.4, 0.5) is 62.8 Å². The normalized spacial score (nSPS) is 15.1. The van der Waals surface area contributed by atoms with Gasteiger partial charge in [-0.05, 0) is 12.1 Å². The Labute approximate surface area is 161 Å². The Bertz CT molecular complexity index is 954. The molecule has 0 aliphatic carbocycles. The van der Waals surface area contributed by atoms with Crippen LogP contribution in [0, 0.1) is 10.1 Å². The summed E-state index contributed by atoms with van der Waals surface area (Å²) in [7, 11) is -7.21. The van der Waals surface area contributed by atoms with Crippen LogP contribution < -0.4 is 0 Å². The molecule has 1 aromatic rings. The van der Waals surface area contributed by atoms with E-state index in [0.717, 1.165) is 0 Å². The molecule has 0 aromatic heterocycles. The highest BCUT2D eigenvalue weighted by Gasteiger charge is 2.92. The lowest BCUT2D eigenvalue weighted by Crippen LogP contribution is -2.71. The molecule has 0 saturated carbocycles. The Morgan fingerprint density at radius 1 is 0.645 bits per heavy atom. The molecule has 0 heterocycles. The summed E-state index contributed by atoms with van der Waals surface area (Å²) in [6, 6.07) is -0.298. The zero-order chi connectivity index (χ0) is 25.1. The highest BCUT2D eigenvalue weighted by Crippen LogP contribution is 2.61. The summed E-state index contributed by atoms with van der Waals surface area (Å²) >= 11 is 0. The monoisotopic (exact) mass is 505 g/mol. The first-order chi connectivity index (χ1) is 13.4. The van der Waals surface area contributed by atoms with Gasteiger partial charge in [-0.25, -0.2) is 8.42 Å². The second-order valence-electron chi connectivity index (χ2n) is 5.57.